The van der Waals surface area contributed by atoms with Crippen LogP contribution >= 0.6 is 0 Å². The Hall–Kier alpha value is -2.64. The molecule has 0 radical (unpaired) electrons. The van der Waals surface area contributed by atoms with E-state index in [1.54, 1.807) is 24.9 Å². The summed E-state index contributed by atoms with van der Waals surface area (Å²) < 4.78 is 68.7. The molecule has 2 atom stereocenters. The molecule has 0 bridgehead atoms. The minimum atomic E-state index is -4.38. The van der Waals surface area contributed by atoms with E-state index in [1.807, 2.05) is 0 Å². The van der Waals surface area contributed by atoms with Crippen molar-refractivity contribution in [3.63, 3.8) is 0 Å². The van der Waals surface area contributed by atoms with E-state index in [0.717, 1.165) is 12.3 Å². The summed E-state index contributed by atoms with van der Waals surface area (Å²) in [6.07, 6.45) is -0.326. The summed E-state index contributed by atoms with van der Waals surface area (Å²) in [5.41, 5.74) is 1.11. The van der Waals surface area contributed by atoms with Crippen molar-refractivity contribution < 1.29 is 22.0 Å². The predicted molar refractivity (Wildman–Crippen MR) is 102 cm³/mol. The number of benzene rings is 1. The van der Waals surface area contributed by atoms with Gasteiger partial charge in [-0.15, -0.1) is 0 Å². The van der Waals surface area contributed by atoms with Gasteiger partial charge in [0.25, 0.3) is 0 Å². The molecule has 3 nitrogen and oxygen atoms in total. The van der Waals surface area contributed by atoms with Crippen molar-refractivity contribution >= 4 is 11.4 Å². The van der Waals surface area contributed by atoms with Crippen molar-refractivity contribution in [3.8, 4) is 0 Å². The highest BCUT2D eigenvalue weighted by Crippen LogP contribution is 2.41. The van der Waals surface area contributed by atoms with Crippen molar-refractivity contribution in [2.75, 3.05) is 18.9 Å². The van der Waals surface area contributed by atoms with Gasteiger partial charge in [0.05, 0.1) is 12.1 Å². The zero-order chi connectivity index (χ0) is 21.2. The Morgan fingerprint density at radius 2 is 1.93 bits per heavy atom. The van der Waals surface area contributed by atoms with Crippen LogP contribution in [0.4, 0.5) is 27.6 Å². The fourth-order valence-corrected chi connectivity index (χ4v) is 3.61. The van der Waals surface area contributed by atoms with Crippen LogP contribution < -0.4 is 5.32 Å². The molecule has 0 amide bonds. The molecule has 156 valence electrons. The first-order valence-electron chi connectivity index (χ1n) is 9.32. The van der Waals surface area contributed by atoms with Gasteiger partial charge in [-0.1, -0.05) is 13.3 Å². The van der Waals surface area contributed by atoms with Crippen molar-refractivity contribution in [1.29, 1.82) is 0 Å². The number of nitrogens with one attached hydrogen (secondary N) is 1. The average Bonchev–Trinajstić information content (AvgIpc) is 2.66. The SMILES string of the molecule is CCC1CN(C)C(c2ccc(NCc3ccncc3F)cc2F)=CC1C(F)(F)F. The first-order chi connectivity index (χ1) is 13.7. The minimum absolute atomic E-state index is 0.108. The molecule has 2 unspecified atom stereocenters. The molecule has 1 aliphatic heterocycles. The normalized spacial score (nSPS) is 19.8. The number of pyridine rings is 1. The average molecular weight is 411 g/mol. The summed E-state index contributed by atoms with van der Waals surface area (Å²) in [6, 6.07) is 5.73. The maximum atomic E-state index is 14.7. The van der Waals surface area contributed by atoms with Crippen LogP contribution in [-0.4, -0.2) is 29.7 Å². The van der Waals surface area contributed by atoms with E-state index in [-0.39, 0.29) is 24.4 Å². The number of hydrogen-bond donors (Lipinski definition) is 1. The maximum absolute atomic E-state index is 14.7. The third-order valence-electron chi connectivity index (χ3n) is 5.25. The number of aromatic nitrogens is 1. The van der Waals surface area contributed by atoms with Gasteiger partial charge in [-0.3, -0.25) is 4.98 Å². The number of halogens is 5. The van der Waals surface area contributed by atoms with Crippen LogP contribution in [0, 0.1) is 23.5 Å². The summed E-state index contributed by atoms with van der Waals surface area (Å²) in [7, 11) is 1.67. The number of hydrogen-bond acceptors (Lipinski definition) is 3. The molecular formula is C21H22F5N3. The van der Waals surface area contributed by atoms with Crippen LogP contribution in [0.1, 0.15) is 24.5 Å². The fourth-order valence-electron chi connectivity index (χ4n) is 3.61. The Kier molecular flexibility index (Phi) is 6.10. The van der Waals surface area contributed by atoms with Crippen molar-refractivity contribution in [2.24, 2.45) is 11.8 Å². The Balaban J connectivity index is 1.83. The molecule has 0 saturated heterocycles. The summed E-state index contributed by atoms with van der Waals surface area (Å²) in [5, 5.41) is 2.91. The van der Waals surface area contributed by atoms with E-state index in [4.69, 9.17) is 0 Å². The highest BCUT2D eigenvalue weighted by atomic mass is 19.4. The number of rotatable bonds is 5. The fraction of sp³-hybridized carbons (Fsp3) is 0.381. The van der Waals surface area contributed by atoms with Gasteiger partial charge >= 0.3 is 6.18 Å². The molecule has 3 rings (SSSR count). The van der Waals surface area contributed by atoms with Gasteiger partial charge in [0, 0.05) is 48.8 Å². The van der Waals surface area contributed by atoms with Crippen molar-refractivity contribution in [3.05, 3.63) is 65.5 Å². The molecule has 8 heteroatoms. The van der Waals surface area contributed by atoms with Gasteiger partial charge in [0.1, 0.15) is 11.6 Å². The summed E-state index contributed by atoms with van der Waals surface area (Å²) >= 11 is 0. The Bertz CT molecular complexity index is 894. The van der Waals surface area contributed by atoms with Crippen LogP contribution in [0.3, 0.4) is 0 Å². The highest BCUT2D eigenvalue weighted by molar-refractivity contribution is 5.67. The molecule has 29 heavy (non-hydrogen) atoms. The van der Waals surface area contributed by atoms with E-state index in [2.05, 4.69) is 10.3 Å². The molecule has 1 aliphatic rings. The van der Waals surface area contributed by atoms with Crippen molar-refractivity contribution in [2.45, 2.75) is 26.1 Å². The van der Waals surface area contributed by atoms with Gasteiger partial charge in [0.15, 0.2) is 0 Å². The molecular weight excluding hydrogens is 389 g/mol. The smallest absolute Gasteiger partial charge is 0.381 e. The second-order valence-corrected chi connectivity index (χ2v) is 7.18. The second-order valence-electron chi connectivity index (χ2n) is 7.18. The van der Waals surface area contributed by atoms with E-state index in [0.29, 0.717) is 17.7 Å². The topological polar surface area (TPSA) is 28.2 Å². The quantitative estimate of drug-likeness (QED) is 0.662. The van der Waals surface area contributed by atoms with Gasteiger partial charge in [-0.25, -0.2) is 8.78 Å². The van der Waals surface area contributed by atoms with Gasteiger partial charge in [-0.05, 0) is 36.3 Å². The molecule has 2 aromatic rings. The van der Waals surface area contributed by atoms with E-state index in [9.17, 15) is 22.0 Å². The van der Waals surface area contributed by atoms with Crippen molar-refractivity contribution in [1.82, 2.24) is 9.88 Å². The molecule has 1 N–H and O–H groups in total. The monoisotopic (exact) mass is 411 g/mol. The van der Waals surface area contributed by atoms with Gasteiger partial charge in [0.2, 0.25) is 0 Å². The molecule has 1 aromatic heterocycles. The Morgan fingerprint density at radius 1 is 1.17 bits per heavy atom. The van der Waals surface area contributed by atoms with E-state index >= 15 is 0 Å². The van der Waals surface area contributed by atoms with E-state index < -0.39 is 29.6 Å². The number of anilines is 1. The van der Waals surface area contributed by atoms with Crippen LogP contribution in [0.2, 0.25) is 0 Å². The first kappa shape index (κ1) is 21.1. The lowest BCUT2D eigenvalue weighted by Gasteiger charge is -2.38. The molecule has 0 spiro atoms. The standard InChI is InChI=1S/C21H22F5N3/c1-3-13-12-29(2)20(9-17(13)21(24,25)26)16-5-4-15(8-18(16)22)28-10-14-6-7-27-11-19(14)23/h4-9,11,13,17,28H,3,10,12H2,1-2H3. The first-order valence-corrected chi connectivity index (χ1v) is 9.32. The molecule has 0 aliphatic carbocycles. The van der Waals surface area contributed by atoms with Gasteiger partial charge in [-0.2, -0.15) is 13.2 Å². The summed E-state index contributed by atoms with van der Waals surface area (Å²) in [5.74, 6) is -3.29. The largest absolute Gasteiger partial charge is 0.395 e. The minimum Gasteiger partial charge on any atom is -0.381 e. The van der Waals surface area contributed by atoms with Crippen LogP contribution in [0.5, 0.6) is 0 Å². The second kappa shape index (κ2) is 8.39. The number of allylic oxidation sites excluding steroid dienone is 1. The van der Waals surface area contributed by atoms with Crippen LogP contribution in [0.25, 0.3) is 5.70 Å². The molecule has 0 saturated carbocycles. The summed E-state index contributed by atoms with van der Waals surface area (Å²) in [4.78, 5) is 5.33. The van der Waals surface area contributed by atoms with Crippen LogP contribution in [-0.2, 0) is 6.54 Å². The zero-order valence-corrected chi connectivity index (χ0v) is 16.1. The van der Waals surface area contributed by atoms with E-state index in [1.165, 1.54) is 24.4 Å². The molecule has 2 heterocycles. The number of alkyl halides is 3. The van der Waals surface area contributed by atoms with Gasteiger partial charge < -0.3 is 10.2 Å². The lowest BCUT2D eigenvalue weighted by Crippen LogP contribution is -2.40. The summed E-state index contributed by atoms with van der Waals surface area (Å²) in [6.45, 7) is 2.06. The Morgan fingerprint density at radius 3 is 2.55 bits per heavy atom. The zero-order valence-electron chi connectivity index (χ0n) is 16.1. The maximum Gasteiger partial charge on any atom is 0.395 e. The lowest BCUT2D eigenvalue weighted by atomic mass is 9.84. The number of nitrogens with zero attached hydrogens (tertiary/aromatic N) is 2. The predicted octanol–water partition coefficient (Wildman–Crippen LogP) is 5.46. The third kappa shape index (κ3) is 4.68. The molecule has 1 aromatic carbocycles. The molecule has 0 fully saturated rings. The Labute approximate surface area is 166 Å². The highest BCUT2D eigenvalue weighted by Gasteiger charge is 2.45. The third-order valence-corrected chi connectivity index (χ3v) is 5.25. The lowest BCUT2D eigenvalue weighted by molar-refractivity contribution is -0.176. The van der Waals surface area contributed by atoms with Crippen LogP contribution in [0.15, 0.2) is 42.7 Å².